The molecular formula is C21H30N6O2. The molecule has 0 unspecified atom stereocenters. The summed E-state index contributed by atoms with van der Waals surface area (Å²) in [7, 11) is 3.44. The van der Waals surface area contributed by atoms with E-state index in [1.165, 1.54) is 4.90 Å². The van der Waals surface area contributed by atoms with Gasteiger partial charge in [0.05, 0.1) is 5.69 Å². The predicted molar refractivity (Wildman–Crippen MR) is 112 cm³/mol. The number of anilines is 1. The van der Waals surface area contributed by atoms with Crippen LogP contribution in [0.5, 0.6) is 0 Å². The van der Waals surface area contributed by atoms with Crippen molar-refractivity contribution in [3.8, 4) is 0 Å². The Hall–Kier alpha value is -2.90. The first-order valence-electron chi connectivity index (χ1n) is 10.1. The lowest BCUT2D eigenvalue weighted by Crippen LogP contribution is -2.36. The van der Waals surface area contributed by atoms with Gasteiger partial charge in [0.1, 0.15) is 11.5 Å². The first-order chi connectivity index (χ1) is 13.8. The smallest absolute Gasteiger partial charge is 0.272 e. The molecule has 2 aromatic heterocycles. The fourth-order valence-electron chi connectivity index (χ4n) is 3.60. The van der Waals surface area contributed by atoms with Gasteiger partial charge in [-0.2, -0.15) is 5.10 Å². The van der Waals surface area contributed by atoms with Crippen LogP contribution in [0.25, 0.3) is 0 Å². The van der Waals surface area contributed by atoms with Crippen molar-refractivity contribution >= 4 is 17.6 Å². The fraction of sp³-hybridized carbons (Fsp3) is 0.524. The third kappa shape index (κ3) is 5.13. The molecule has 156 valence electrons. The molecule has 0 aromatic carbocycles. The number of nitrogens with zero attached hydrogens (tertiary/aromatic N) is 6. The van der Waals surface area contributed by atoms with Crippen LogP contribution in [0.2, 0.25) is 0 Å². The van der Waals surface area contributed by atoms with Gasteiger partial charge in [0.2, 0.25) is 5.91 Å². The Bertz CT molecular complexity index is 876. The minimum Gasteiger partial charge on any atom is -0.355 e. The highest BCUT2D eigenvalue weighted by molar-refractivity contribution is 5.92. The van der Waals surface area contributed by atoms with E-state index in [2.05, 4.69) is 15.0 Å². The number of rotatable bonds is 5. The van der Waals surface area contributed by atoms with Crippen LogP contribution in [-0.4, -0.2) is 76.7 Å². The number of pyridine rings is 1. The maximum atomic E-state index is 12.7. The van der Waals surface area contributed by atoms with Gasteiger partial charge in [0, 0.05) is 58.9 Å². The zero-order chi connectivity index (χ0) is 21.0. The number of amides is 2. The van der Waals surface area contributed by atoms with Crippen LogP contribution in [0.3, 0.4) is 0 Å². The summed E-state index contributed by atoms with van der Waals surface area (Å²) in [6.45, 7) is 7.49. The number of aryl methyl sites for hydroxylation is 3. The zero-order valence-electron chi connectivity index (χ0n) is 17.8. The number of hydrogen-bond donors (Lipinski definition) is 0. The minimum absolute atomic E-state index is 0.109. The van der Waals surface area contributed by atoms with Crippen LogP contribution in [0.4, 0.5) is 5.82 Å². The van der Waals surface area contributed by atoms with Crippen molar-refractivity contribution in [2.24, 2.45) is 0 Å². The van der Waals surface area contributed by atoms with Crippen LogP contribution in [0.15, 0.2) is 24.3 Å². The van der Waals surface area contributed by atoms with Crippen molar-refractivity contribution < 1.29 is 9.59 Å². The number of carbonyl (C=O) groups is 2. The van der Waals surface area contributed by atoms with E-state index in [4.69, 9.17) is 0 Å². The Balaban J connectivity index is 1.58. The highest BCUT2D eigenvalue weighted by Gasteiger charge is 2.21. The van der Waals surface area contributed by atoms with Crippen molar-refractivity contribution in [3.63, 3.8) is 0 Å². The first-order valence-corrected chi connectivity index (χ1v) is 10.1. The Kier molecular flexibility index (Phi) is 6.51. The average molecular weight is 399 g/mol. The van der Waals surface area contributed by atoms with Crippen molar-refractivity contribution in [1.29, 1.82) is 0 Å². The predicted octanol–water partition coefficient (Wildman–Crippen LogP) is 1.73. The Morgan fingerprint density at radius 2 is 1.90 bits per heavy atom. The van der Waals surface area contributed by atoms with Crippen molar-refractivity contribution in [1.82, 2.24) is 24.6 Å². The summed E-state index contributed by atoms with van der Waals surface area (Å²) in [6.07, 6.45) is 1.33. The Labute approximate surface area is 172 Å². The molecule has 2 amide bonds. The maximum absolute atomic E-state index is 12.7. The first kappa shape index (κ1) is 20.8. The molecule has 29 heavy (non-hydrogen) atoms. The fourth-order valence-corrected chi connectivity index (χ4v) is 3.60. The minimum atomic E-state index is -0.109. The standard InChI is InChI=1S/C21H30N6O2/c1-16-15-17(2)27(23-16)12-9-20(28)26-11-6-10-25(13-14-26)19-8-5-7-18(22-19)21(29)24(3)4/h5,7-8,15H,6,9-14H2,1-4H3. The zero-order valence-corrected chi connectivity index (χ0v) is 17.8. The average Bonchev–Trinajstić information content (AvgIpc) is 2.89. The second kappa shape index (κ2) is 9.07. The highest BCUT2D eigenvalue weighted by atomic mass is 16.2. The molecule has 0 spiro atoms. The van der Waals surface area contributed by atoms with Gasteiger partial charge in [-0.3, -0.25) is 14.3 Å². The molecule has 2 aromatic rings. The summed E-state index contributed by atoms with van der Waals surface area (Å²) in [5.41, 5.74) is 2.49. The highest BCUT2D eigenvalue weighted by Crippen LogP contribution is 2.16. The van der Waals surface area contributed by atoms with Crippen molar-refractivity contribution in [2.45, 2.75) is 33.2 Å². The monoisotopic (exact) mass is 398 g/mol. The molecule has 1 saturated heterocycles. The molecule has 3 heterocycles. The van der Waals surface area contributed by atoms with Crippen LogP contribution in [-0.2, 0) is 11.3 Å². The number of hydrogen-bond acceptors (Lipinski definition) is 5. The number of aromatic nitrogens is 3. The van der Waals surface area contributed by atoms with Gasteiger partial charge in [0.15, 0.2) is 0 Å². The molecule has 1 aliphatic heterocycles. The summed E-state index contributed by atoms with van der Waals surface area (Å²) in [5.74, 6) is 0.834. The van der Waals surface area contributed by atoms with E-state index in [9.17, 15) is 9.59 Å². The van der Waals surface area contributed by atoms with Crippen LogP contribution in [0, 0.1) is 13.8 Å². The van der Waals surface area contributed by atoms with Gasteiger partial charge >= 0.3 is 0 Å². The van der Waals surface area contributed by atoms with E-state index in [0.717, 1.165) is 36.7 Å². The molecule has 0 atom stereocenters. The molecule has 3 rings (SSSR count). The summed E-state index contributed by atoms with van der Waals surface area (Å²) in [4.78, 5) is 35.0. The number of carbonyl (C=O) groups excluding carboxylic acids is 2. The molecular weight excluding hydrogens is 368 g/mol. The van der Waals surface area contributed by atoms with E-state index in [-0.39, 0.29) is 11.8 Å². The molecule has 0 saturated carbocycles. The third-order valence-corrected chi connectivity index (χ3v) is 5.17. The van der Waals surface area contributed by atoms with Gasteiger partial charge < -0.3 is 14.7 Å². The second-order valence-corrected chi connectivity index (χ2v) is 7.70. The molecule has 0 radical (unpaired) electrons. The summed E-state index contributed by atoms with van der Waals surface area (Å²) in [6, 6.07) is 7.54. The third-order valence-electron chi connectivity index (χ3n) is 5.17. The molecule has 8 heteroatoms. The SMILES string of the molecule is Cc1cc(C)n(CCC(=O)N2CCCN(c3cccc(C(=O)N(C)C)n3)CC2)n1. The van der Waals surface area contributed by atoms with E-state index in [0.29, 0.717) is 31.7 Å². The lowest BCUT2D eigenvalue weighted by atomic mass is 10.3. The summed E-state index contributed by atoms with van der Waals surface area (Å²) < 4.78 is 1.90. The molecule has 1 aliphatic rings. The molecule has 0 bridgehead atoms. The summed E-state index contributed by atoms with van der Waals surface area (Å²) in [5, 5.41) is 4.43. The van der Waals surface area contributed by atoms with Crippen molar-refractivity contribution in [2.75, 3.05) is 45.2 Å². The lowest BCUT2D eigenvalue weighted by Gasteiger charge is -2.23. The van der Waals surface area contributed by atoms with E-state index in [1.807, 2.05) is 41.6 Å². The molecule has 0 N–H and O–H groups in total. The van der Waals surface area contributed by atoms with Crippen LogP contribution < -0.4 is 4.90 Å². The van der Waals surface area contributed by atoms with Gasteiger partial charge in [-0.15, -0.1) is 0 Å². The van der Waals surface area contributed by atoms with Gasteiger partial charge in [-0.05, 0) is 38.5 Å². The summed E-state index contributed by atoms with van der Waals surface area (Å²) >= 11 is 0. The van der Waals surface area contributed by atoms with E-state index >= 15 is 0 Å². The quantitative estimate of drug-likeness (QED) is 0.767. The molecule has 1 fully saturated rings. The van der Waals surface area contributed by atoms with Gasteiger partial charge in [0.25, 0.3) is 5.91 Å². The largest absolute Gasteiger partial charge is 0.355 e. The maximum Gasteiger partial charge on any atom is 0.272 e. The van der Waals surface area contributed by atoms with Gasteiger partial charge in [-0.1, -0.05) is 6.07 Å². The molecule has 8 nitrogen and oxygen atoms in total. The van der Waals surface area contributed by atoms with E-state index in [1.54, 1.807) is 20.2 Å². The Morgan fingerprint density at radius 3 is 2.59 bits per heavy atom. The topological polar surface area (TPSA) is 74.6 Å². The van der Waals surface area contributed by atoms with Crippen molar-refractivity contribution in [3.05, 3.63) is 41.3 Å². The van der Waals surface area contributed by atoms with Gasteiger partial charge in [-0.25, -0.2) is 4.98 Å². The second-order valence-electron chi connectivity index (χ2n) is 7.70. The van der Waals surface area contributed by atoms with Crippen LogP contribution in [0.1, 0.15) is 34.7 Å². The normalized spacial score (nSPS) is 14.6. The van der Waals surface area contributed by atoms with E-state index < -0.39 is 0 Å². The lowest BCUT2D eigenvalue weighted by molar-refractivity contribution is -0.131. The molecule has 0 aliphatic carbocycles. The Morgan fingerprint density at radius 1 is 1.10 bits per heavy atom. The van der Waals surface area contributed by atoms with Crippen LogP contribution >= 0.6 is 0 Å².